The van der Waals surface area contributed by atoms with E-state index in [2.05, 4.69) is 0 Å². The SMILES string of the molecule is CC(=O)c1cc(C)ccc1OCCCF. The Balaban J connectivity index is 2.81. The molecule has 0 bridgehead atoms. The normalized spacial score (nSPS) is 10.1. The molecule has 0 saturated heterocycles. The van der Waals surface area contributed by atoms with Crippen LogP contribution < -0.4 is 4.74 Å². The Hall–Kier alpha value is -1.38. The van der Waals surface area contributed by atoms with Crippen LogP contribution in [0.3, 0.4) is 0 Å². The zero-order valence-corrected chi connectivity index (χ0v) is 9.05. The highest BCUT2D eigenvalue weighted by Gasteiger charge is 2.08. The Morgan fingerprint density at radius 3 is 2.80 bits per heavy atom. The summed E-state index contributed by atoms with van der Waals surface area (Å²) in [5, 5.41) is 0. The molecule has 3 heteroatoms. The number of carbonyl (C=O) groups excluding carboxylic acids is 1. The molecule has 0 amide bonds. The second-order valence-corrected chi connectivity index (χ2v) is 3.45. The van der Waals surface area contributed by atoms with E-state index in [0.717, 1.165) is 5.56 Å². The second kappa shape index (κ2) is 5.49. The van der Waals surface area contributed by atoms with Crippen LogP contribution in [0.1, 0.15) is 29.3 Å². The van der Waals surface area contributed by atoms with Gasteiger partial charge >= 0.3 is 0 Å². The summed E-state index contributed by atoms with van der Waals surface area (Å²) in [7, 11) is 0. The minimum absolute atomic E-state index is 0.0334. The molecule has 15 heavy (non-hydrogen) atoms. The van der Waals surface area contributed by atoms with Gasteiger partial charge in [-0.15, -0.1) is 0 Å². The lowest BCUT2D eigenvalue weighted by Gasteiger charge is -2.09. The first-order valence-electron chi connectivity index (χ1n) is 4.95. The van der Waals surface area contributed by atoms with E-state index in [-0.39, 0.29) is 5.78 Å². The summed E-state index contributed by atoms with van der Waals surface area (Å²) in [6, 6.07) is 5.41. The van der Waals surface area contributed by atoms with E-state index in [9.17, 15) is 9.18 Å². The highest BCUT2D eigenvalue weighted by atomic mass is 19.1. The summed E-state index contributed by atoms with van der Waals surface area (Å²) in [6.45, 7) is 3.32. The van der Waals surface area contributed by atoms with E-state index in [1.54, 1.807) is 12.1 Å². The second-order valence-electron chi connectivity index (χ2n) is 3.45. The number of rotatable bonds is 5. The van der Waals surface area contributed by atoms with Crippen LogP contribution in [0.4, 0.5) is 4.39 Å². The fraction of sp³-hybridized carbons (Fsp3) is 0.417. The van der Waals surface area contributed by atoms with Crippen molar-refractivity contribution in [2.45, 2.75) is 20.3 Å². The Morgan fingerprint density at radius 1 is 1.47 bits per heavy atom. The topological polar surface area (TPSA) is 26.3 Å². The van der Waals surface area contributed by atoms with Gasteiger partial charge in [0.15, 0.2) is 5.78 Å². The first kappa shape index (κ1) is 11.7. The number of Topliss-reactive ketones (excluding diaryl/α,β-unsaturated/α-hetero) is 1. The maximum Gasteiger partial charge on any atom is 0.163 e. The number of benzene rings is 1. The van der Waals surface area contributed by atoms with Gasteiger partial charge in [-0.25, -0.2) is 0 Å². The summed E-state index contributed by atoms with van der Waals surface area (Å²) in [6.07, 6.45) is 0.352. The van der Waals surface area contributed by atoms with Crippen molar-refractivity contribution in [3.05, 3.63) is 29.3 Å². The quantitative estimate of drug-likeness (QED) is 0.551. The maximum absolute atomic E-state index is 11.9. The maximum atomic E-state index is 11.9. The Labute approximate surface area is 89.1 Å². The molecule has 0 unspecified atom stereocenters. The van der Waals surface area contributed by atoms with Gasteiger partial charge in [-0.05, 0) is 26.0 Å². The predicted octanol–water partition coefficient (Wildman–Crippen LogP) is 2.94. The van der Waals surface area contributed by atoms with E-state index >= 15 is 0 Å². The van der Waals surface area contributed by atoms with Gasteiger partial charge in [-0.2, -0.15) is 0 Å². The molecule has 0 fully saturated rings. The number of halogens is 1. The van der Waals surface area contributed by atoms with Crippen LogP contribution >= 0.6 is 0 Å². The highest BCUT2D eigenvalue weighted by Crippen LogP contribution is 2.20. The Kier molecular flexibility index (Phi) is 4.28. The van der Waals surface area contributed by atoms with Crippen LogP contribution in [0.25, 0.3) is 0 Å². The van der Waals surface area contributed by atoms with Gasteiger partial charge < -0.3 is 4.74 Å². The van der Waals surface area contributed by atoms with Crippen molar-refractivity contribution in [2.24, 2.45) is 0 Å². The van der Waals surface area contributed by atoms with Gasteiger partial charge in [0.05, 0.1) is 18.8 Å². The largest absolute Gasteiger partial charge is 0.493 e. The lowest BCUT2D eigenvalue weighted by Crippen LogP contribution is -2.03. The molecule has 0 aromatic heterocycles. The molecular weight excluding hydrogens is 195 g/mol. The van der Waals surface area contributed by atoms with Gasteiger partial charge in [0, 0.05) is 6.42 Å². The summed E-state index contributed by atoms with van der Waals surface area (Å²) < 4.78 is 17.2. The molecular formula is C12H15FO2. The predicted molar refractivity (Wildman–Crippen MR) is 57.3 cm³/mol. The van der Waals surface area contributed by atoms with Crippen molar-refractivity contribution in [3.63, 3.8) is 0 Å². The summed E-state index contributed by atoms with van der Waals surface area (Å²) >= 11 is 0. The van der Waals surface area contributed by atoms with Crippen LogP contribution in [0.5, 0.6) is 5.75 Å². The molecule has 0 saturated carbocycles. The van der Waals surface area contributed by atoms with Crippen molar-refractivity contribution in [3.8, 4) is 5.75 Å². The number of aryl methyl sites for hydroxylation is 1. The van der Waals surface area contributed by atoms with Crippen LogP contribution in [0.2, 0.25) is 0 Å². The Bertz CT molecular complexity index is 347. The van der Waals surface area contributed by atoms with Gasteiger partial charge in [-0.3, -0.25) is 9.18 Å². The van der Waals surface area contributed by atoms with E-state index in [0.29, 0.717) is 24.3 Å². The third kappa shape index (κ3) is 3.35. The molecule has 0 aliphatic rings. The number of hydrogen-bond donors (Lipinski definition) is 0. The van der Waals surface area contributed by atoms with Crippen LogP contribution in [-0.4, -0.2) is 19.1 Å². The molecule has 0 aliphatic heterocycles. The molecule has 0 aliphatic carbocycles. The van der Waals surface area contributed by atoms with Gasteiger partial charge in [0.1, 0.15) is 5.75 Å². The molecule has 0 spiro atoms. The molecule has 0 atom stereocenters. The standard InChI is InChI=1S/C12H15FO2/c1-9-4-5-12(15-7-3-6-13)11(8-9)10(2)14/h4-5,8H,3,6-7H2,1-2H3. The molecule has 1 aromatic rings. The number of ether oxygens (including phenoxy) is 1. The highest BCUT2D eigenvalue weighted by molar-refractivity contribution is 5.97. The lowest BCUT2D eigenvalue weighted by molar-refractivity contribution is 0.101. The lowest BCUT2D eigenvalue weighted by atomic mass is 10.1. The van der Waals surface area contributed by atoms with Crippen molar-refractivity contribution in [1.29, 1.82) is 0 Å². The van der Waals surface area contributed by atoms with Gasteiger partial charge in [0.25, 0.3) is 0 Å². The average molecular weight is 210 g/mol. The zero-order chi connectivity index (χ0) is 11.3. The molecule has 1 rings (SSSR count). The Morgan fingerprint density at radius 2 is 2.20 bits per heavy atom. The number of alkyl halides is 1. The van der Waals surface area contributed by atoms with Crippen molar-refractivity contribution in [2.75, 3.05) is 13.3 Å². The zero-order valence-electron chi connectivity index (χ0n) is 9.05. The van der Waals surface area contributed by atoms with Crippen molar-refractivity contribution < 1.29 is 13.9 Å². The average Bonchev–Trinajstić information content (AvgIpc) is 2.20. The minimum Gasteiger partial charge on any atom is -0.493 e. The first-order valence-corrected chi connectivity index (χ1v) is 4.95. The van der Waals surface area contributed by atoms with Crippen molar-refractivity contribution in [1.82, 2.24) is 0 Å². The van der Waals surface area contributed by atoms with Crippen LogP contribution in [0, 0.1) is 6.92 Å². The molecule has 2 nitrogen and oxygen atoms in total. The molecule has 82 valence electrons. The van der Waals surface area contributed by atoms with E-state index in [1.807, 2.05) is 13.0 Å². The van der Waals surface area contributed by atoms with Gasteiger partial charge in [-0.1, -0.05) is 11.6 Å². The molecule has 0 radical (unpaired) electrons. The molecule has 1 aromatic carbocycles. The van der Waals surface area contributed by atoms with Crippen LogP contribution in [0.15, 0.2) is 18.2 Å². The van der Waals surface area contributed by atoms with E-state index < -0.39 is 6.67 Å². The van der Waals surface area contributed by atoms with E-state index in [1.165, 1.54) is 6.92 Å². The summed E-state index contributed by atoms with van der Waals surface area (Å²) in [5.41, 5.74) is 1.58. The third-order valence-corrected chi connectivity index (χ3v) is 2.05. The fourth-order valence-corrected chi connectivity index (χ4v) is 1.28. The minimum atomic E-state index is -0.402. The summed E-state index contributed by atoms with van der Waals surface area (Å²) in [4.78, 5) is 11.3. The molecule has 0 heterocycles. The number of carbonyl (C=O) groups is 1. The van der Waals surface area contributed by atoms with Crippen molar-refractivity contribution >= 4 is 5.78 Å². The number of ketones is 1. The monoisotopic (exact) mass is 210 g/mol. The third-order valence-electron chi connectivity index (χ3n) is 2.05. The first-order chi connectivity index (χ1) is 7.15. The molecule has 0 N–H and O–H groups in total. The van der Waals surface area contributed by atoms with Crippen LogP contribution in [-0.2, 0) is 0 Å². The summed E-state index contributed by atoms with van der Waals surface area (Å²) in [5.74, 6) is 0.510. The van der Waals surface area contributed by atoms with Gasteiger partial charge in [0.2, 0.25) is 0 Å². The van der Waals surface area contributed by atoms with E-state index in [4.69, 9.17) is 4.74 Å². The number of hydrogen-bond acceptors (Lipinski definition) is 2. The smallest absolute Gasteiger partial charge is 0.163 e. The fourth-order valence-electron chi connectivity index (χ4n) is 1.28.